The fraction of sp³-hybridized carbons (Fsp3) is 0.455. The van der Waals surface area contributed by atoms with Gasteiger partial charge in [0, 0.05) is 31.2 Å². The van der Waals surface area contributed by atoms with Gasteiger partial charge in [0.15, 0.2) is 5.69 Å². The van der Waals surface area contributed by atoms with E-state index in [1.54, 1.807) is 26.1 Å². The van der Waals surface area contributed by atoms with Crippen LogP contribution in [-0.4, -0.2) is 51.5 Å². The number of likely N-dealkylation sites (N-methyl/N-ethyl adjacent to an activating group) is 1. The lowest BCUT2D eigenvalue weighted by molar-refractivity contribution is -0.132. The molecule has 0 unspecified atom stereocenters. The summed E-state index contributed by atoms with van der Waals surface area (Å²) in [5, 5.41) is 10.6. The zero-order valence-corrected chi connectivity index (χ0v) is 19.0. The topological polar surface area (TPSA) is 96.3 Å². The number of hydrogen-bond donors (Lipinski definition) is 2. The van der Waals surface area contributed by atoms with Crippen molar-refractivity contribution in [1.82, 2.24) is 25.3 Å². The van der Waals surface area contributed by atoms with Gasteiger partial charge in [-0.15, -0.1) is 0 Å². The molecule has 0 aliphatic carbocycles. The molecule has 31 heavy (non-hydrogen) atoms. The maximum atomic E-state index is 12.9. The van der Waals surface area contributed by atoms with Crippen molar-refractivity contribution in [3.8, 4) is 0 Å². The van der Waals surface area contributed by atoms with Gasteiger partial charge in [0.1, 0.15) is 11.2 Å². The molecular formula is C22H28ClN5O3. The summed E-state index contributed by atoms with van der Waals surface area (Å²) in [4.78, 5) is 39.8. The average molecular weight is 446 g/mol. The molecule has 0 saturated carbocycles. The number of fused-ring (bicyclic) bond motifs is 1. The summed E-state index contributed by atoms with van der Waals surface area (Å²) in [5.74, 6) is -0.517. The number of hydrogen-bond acceptors (Lipinski definition) is 4. The fourth-order valence-electron chi connectivity index (χ4n) is 3.38. The van der Waals surface area contributed by atoms with Gasteiger partial charge in [0.25, 0.3) is 11.8 Å². The molecule has 3 amide bonds. The minimum atomic E-state index is -1.09. The highest BCUT2D eigenvalue weighted by molar-refractivity contribution is 6.30. The van der Waals surface area contributed by atoms with Gasteiger partial charge in [0.2, 0.25) is 5.91 Å². The molecule has 0 bridgehead atoms. The molecule has 0 spiro atoms. The SMILES string of the molecule is CC(C)CCNC(=O)[C@]1(C)Cn2nc(C(=O)NCc3ccc(Cl)cc3)cc2C(=O)N1C. The third-order valence-electron chi connectivity index (χ3n) is 5.60. The maximum absolute atomic E-state index is 12.9. The Bertz CT molecular complexity index is 986. The van der Waals surface area contributed by atoms with E-state index in [1.165, 1.54) is 15.6 Å². The summed E-state index contributed by atoms with van der Waals surface area (Å²) in [6, 6.07) is 8.61. The molecular weight excluding hydrogens is 418 g/mol. The molecule has 2 heterocycles. The van der Waals surface area contributed by atoms with Crippen LogP contribution in [0.2, 0.25) is 5.02 Å². The van der Waals surface area contributed by atoms with Crippen LogP contribution in [0, 0.1) is 5.92 Å². The Kier molecular flexibility index (Phi) is 6.69. The molecule has 0 fully saturated rings. The van der Waals surface area contributed by atoms with E-state index >= 15 is 0 Å². The molecule has 1 atom stereocenters. The smallest absolute Gasteiger partial charge is 0.272 e. The van der Waals surface area contributed by atoms with Gasteiger partial charge >= 0.3 is 0 Å². The van der Waals surface area contributed by atoms with Crippen LogP contribution >= 0.6 is 11.6 Å². The maximum Gasteiger partial charge on any atom is 0.272 e. The zero-order chi connectivity index (χ0) is 22.8. The standard InChI is InChI=1S/C22H28ClN5O3/c1-14(2)9-10-24-21(31)22(3)13-28-18(20(30)27(22)4)11-17(26-28)19(29)25-12-15-5-7-16(23)8-6-15/h5-8,11,14H,9-10,12-13H2,1-4H3,(H,24,31)(H,25,29)/t22-/m0/s1. The summed E-state index contributed by atoms with van der Waals surface area (Å²) in [5.41, 5.74) is 0.217. The van der Waals surface area contributed by atoms with Gasteiger partial charge in [-0.1, -0.05) is 37.6 Å². The van der Waals surface area contributed by atoms with Crippen molar-refractivity contribution in [2.45, 2.75) is 45.8 Å². The summed E-state index contributed by atoms with van der Waals surface area (Å²) >= 11 is 5.88. The molecule has 1 aromatic heterocycles. The highest BCUT2D eigenvalue weighted by atomic mass is 35.5. The van der Waals surface area contributed by atoms with Crippen LogP contribution in [0.1, 0.15) is 53.7 Å². The summed E-state index contributed by atoms with van der Waals surface area (Å²) < 4.78 is 1.45. The summed E-state index contributed by atoms with van der Waals surface area (Å²) in [6.07, 6.45) is 0.852. The number of carbonyl (C=O) groups excluding carboxylic acids is 3. The molecule has 8 nitrogen and oxygen atoms in total. The number of rotatable bonds is 7. The van der Waals surface area contributed by atoms with E-state index in [0.29, 0.717) is 24.0 Å². The van der Waals surface area contributed by atoms with E-state index < -0.39 is 11.4 Å². The molecule has 9 heteroatoms. The average Bonchev–Trinajstić information content (AvgIpc) is 3.15. The lowest BCUT2D eigenvalue weighted by Gasteiger charge is -2.40. The Morgan fingerprint density at radius 3 is 2.55 bits per heavy atom. The van der Waals surface area contributed by atoms with Gasteiger partial charge in [-0.25, -0.2) is 0 Å². The van der Waals surface area contributed by atoms with Crippen LogP contribution in [0.15, 0.2) is 30.3 Å². The van der Waals surface area contributed by atoms with Gasteiger partial charge < -0.3 is 15.5 Å². The first kappa shape index (κ1) is 22.8. The van der Waals surface area contributed by atoms with Crippen LogP contribution in [0.5, 0.6) is 0 Å². The zero-order valence-electron chi connectivity index (χ0n) is 18.2. The number of amides is 3. The number of benzene rings is 1. The molecule has 2 aromatic rings. The Labute approximate surface area is 186 Å². The van der Waals surface area contributed by atoms with E-state index in [0.717, 1.165) is 12.0 Å². The van der Waals surface area contributed by atoms with E-state index in [9.17, 15) is 14.4 Å². The first-order valence-electron chi connectivity index (χ1n) is 10.3. The molecule has 2 N–H and O–H groups in total. The Hall–Kier alpha value is -2.87. The third-order valence-corrected chi connectivity index (χ3v) is 5.85. The lowest BCUT2D eigenvalue weighted by atomic mass is 9.95. The van der Waals surface area contributed by atoms with Crippen molar-refractivity contribution >= 4 is 29.3 Å². The van der Waals surface area contributed by atoms with Crippen molar-refractivity contribution in [2.24, 2.45) is 5.92 Å². The number of nitrogens with zero attached hydrogens (tertiary/aromatic N) is 3. The number of halogens is 1. The Balaban J connectivity index is 1.72. The minimum Gasteiger partial charge on any atom is -0.354 e. The Morgan fingerprint density at radius 1 is 1.23 bits per heavy atom. The molecule has 1 aliphatic rings. The van der Waals surface area contributed by atoms with Gasteiger partial charge in [-0.2, -0.15) is 5.10 Å². The van der Waals surface area contributed by atoms with Crippen LogP contribution in [0.25, 0.3) is 0 Å². The monoisotopic (exact) mass is 445 g/mol. The predicted octanol–water partition coefficient (Wildman–Crippen LogP) is 2.47. The number of carbonyl (C=O) groups is 3. The van der Waals surface area contributed by atoms with Crippen molar-refractivity contribution < 1.29 is 14.4 Å². The van der Waals surface area contributed by atoms with Crippen LogP contribution in [0.4, 0.5) is 0 Å². The van der Waals surface area contributed by atoms with E-state index in [1.807, 2.05) is 12.1 Å². The van der Waals surface area contributed by atoms with Crippen molar-refractivity contribution in [3.05, 3.63) is 52.3 Å². The normalized spacial score (nSPS) is 18.1. The van der Waals surface area contributed by atoms with Gasteiger partial charge in [-0.05, 0) is 37.0 Å². The van der Waals surface area contributed by atoms with Crippen molar-refractivity contribution in [2.75, 3.05) is 13.6 Å². The summed E-state index contributed by atoms with van der Waals surface area (Å²) in [6.45, 7) is 6.89. The quantitative estimate of drug-likeness (QED) is 0.684. The highest BCUT2D eigenvalue weighted by Gasteiger charge is 2.46. The lowest BCUT2D eigenvalue weighted by Crippen LogP contribution is -2.62. The minimum absolute atomic E-state index is 0.134. The largest absolute Gasteiger partial charge is 0.354 e. The Morgan fingerprint density at radius 2 is 1.90 bits per heavy atom. The second kappa shape index (κ2) is 9.09. The van der Waals surface area contributed by atoms with E-state index in [-0.39, 0.29) is 29.7 Å². The van der Waals surface area contributed by atoms with Crippen molar-refractivity contribution in [3.63, 3.8) is 0 Å². The highest BCUT2D eigenvalue weighted by Crippen LogP contribution is 2.26. The molecule has 0 radical (unpaired) electrons. The van der Waals surface area contributed by atoms with Crippen LogP contribution in [-0.2, 0) is 17.9 Å². The molecule has 166 valence electrons. The second-order valence-corrected chi connectivity index (χ2v) is 8.89. The second-order valence-electron chi connectivity index (χ2n) is 8.46. The van der Waals surface area contributed by atoms with E-state index in [4.69, 9.17) is 11.6 Å². The van der Waals surface area contributed by atoms with Crippen molar-refractivity contribution in [1.29, 1.82) is 0 Å². The van der Waals surface area contributed by atoms with E-state index in [2.05, 4.69) is 29.6 Å². The molecule has 1 aromatic carbocycles. The summed E-state index contributed by atoms with van der Waals surface area (Å²) in [7, 11) is 1.60. The first-order valence-corrected chi connectivity index (χ1v) is 10.7. The molecule has 3 rings (SSSR count). The molecule has 0 saturated heterocycles. The van der Waals surface area contributed by atoms with Crippen LogP contribution in [0.3, 0.4) is 0 Å². The van der Waals surface area contributed by atoms with Gasteiger partial charge in [0.05, 0.1) is 6.54 Å². The fourth-order valence-corrected chi connectivity index (χ4v) is 3.50. The number of aromatic nitrogens is 2. The first-order chi connectivity index (χ1) is 14.6. The van der Waals surface area contributed by atoms with Gasteiger partial charge in [-0.3, -0.25) is 19.1 Å². The third kappa shape index (κ3) is 4.90. The predicted molar refractivity (Wildman–Crippen MR) is 118 cm³/mol. The van der Waals surface area contributed by atoms with Crippen LogP contribution < -0.4 is 10.6 Å². The number of nitrogens with one attached hydrogen (secondary N) is 2. The molecule has 1 aliphatic heterocycles.